The van der Waals surface area contributed by atoms with Crippen LogP contribution in [0.25, 0.3) is 0 Å². The van der Waals surface area contributed by atoms with Gasteiger partial charge in [-0.1, -0.05) is 12.8 Å². The third kappa shape index (κ3) is 3.67. The highest BCUT2D eigenvalue weighted by Gasteiger charge is 2.23. The number of aliphatic hydroxyl groups is 1. The zero-order chi connectivity index (χ0) is 12.0. The summed E-state index contributed by atoms with van der Waals surface area (Å²) in [5, 5.41) is 12.7. The van der Waals surface area contributed by atoms with Crippen molar-refractivity contribution in [1.82, 2.24) is 10.2 Å². The highest BCUT2D eigenvalue weighted by molar-refractivity contribution is 5.74. The van der Waals surface area contributed by atoms with Crippen LogP contribution in [-0.4, -0.2) is 41.8 Å². The fraction of sp³-hybridized carbons (Fsp3) is 0.917. The van der Waals surface area contributed by atoms with Crippen molar-refractivity contribution in [1.29, 1.82) is 0 Å². The molecule has 2 unspecified atom stereocenters. The van der Waals surface area contributed by atoms with E-state index >= 15 is 0 Å². The van der Waals surface area contributed by atoms with Gasteiger partial charge in [-0.15, -0.1) is 0 Å². The van der Waals surface area contributed by atoms with Crippen LogP contribution in [0.1, 0.15) is 39.5 Å². The first-order valence-corrected chi connectivity index (χ1v) is 6.39. The number of carbonyl (C=O) groups is 1. The molecule has 1 rings (SSSR count). The Morgan fingerprint density at radius 2 is 1.94 bits per heavy atom. The highest BCUT2D eigenvalue weighted by Crippen LogP contribution is 2.23. The van der Waals surface area contributed by atoms with E-state index in [1.807, 2.05) is 13.8 Å². The number of carbonyl (C=O) groups excluding carboxylic acids is 1. The molecule has 0 bridgehead atoms. The molecule has 2 atom stereocenters. The fourth-order valence-electron chi connectivity index (χ4n) is 2.27. The number of rotatable bonds is 4. The second kappa shape index (κ2) is 6.74. The van der Waals surface area contributed by atoms with Crippen molar-refractivity contribution < 1.29 is 9.90 Å². The van der Waals surface area contributed by atoms with Gasteiger partial charge in [0.25, 0.3) is 0 Å². The lowest BCUT2D eigenvalue weighted by Crippen LogP contribution is -2.43. The van der Waals surface area contributed by atoms with Crippen molar-refractivity contribution in [2.45, 2.75) is 45.6 Å². The normalized spacial score (nSPS) is 25.2. The maximum atomic E-state index is 11.7. The first-order chi connectivity index (χ1) is 7.69. The van der Waals surface area contributed by atoms with Crippen LogP contribution in [0, 0.1) is 5.92 Å². The third-order valence-electron chi connectivity index (χ3n) is 3.44. The summed E-state index contributed by atoms with van der Waals surface area (Å²) in [5.41, 5.74) is 0. The van der Waals surface area contributed by atoms with Crippen LogP contribution in [0.4, 0.5) is 4.79 Å². The maximum Gasteiger partial charge on any atom is 0.317 e. The molecule has 0 aromatic rings. The fourth-order valence-corrected chi connectivity index (χ4v) is 2.27. The lowest BCUT2D eigenvalue weighted by atomic mass is 9.86. The first kappa shape index (κ1) is 13.3. The van der Waals surface area contributed by atoms with Crippen LogP contribution in [-0.2, 0) is 0 Å². The Morgan fingerprint density at radius 3 is 2.50 bits per heavy atom. The molecule has 2 N–H and O–H groups in total. The first-order valence-electron chi connectivity index (χ1n) is 6.39. The number of hydrogen-bond acceptors (Lipinski definition) is 2. The van der Waals surface area contributed by atoms with Crippen LogP contribution in [0.3, 0.4) is 0 Å². The van der Waals surface area contributed by atoms with Gasteiger partial charge >= 0.3 is 6.03 Å². The molecule has 16 heavy (non-hydrogen) atoms. The van der Waals surface area contributed by atoms with Crippen molar-refractivity contribution in [2.75, 3.05) is 19.6 Å². The topological polar surface area (TPSA) is 52.6 Å². The van der Waals surface area contributed by atoms with Crippen molar-refractivity contribution in [2.24, 2.45) is 5.92 Å². The zero-order valence-corrected chi connectivity index (χ0v) is 10.4. The summed E-state index contributed by atoms with van der Waals surface area (Å²) < 4.78 is 0. The number of nitrogens with zero attached hydrogens (tertiary/aromatic N) is 1. The SMILES string of the molecule is CCN(CC)C(=O)NCC1CCCCC1O. The number of hydrogen-bond donors (Lipinski definition) is 2. The predicted octanol–water partition coefficient (Wildman–Crippen LogP) is 1.59. The standard InChI is InChI=1S/C12H24N2O2/c1-3-14(4-2)12(16)13-9-10-7-5-6-8-11(10)15/h10-11,15H,3-9H2,1-2H3,(H,13,16). The largest absolute Gasteiger partial charge is 0.393 e. The monoisotopic (exact) mass is 228 g/mol. The van der Waals surface area contributed by atoms with Crippen LogP contribution in [0.2, 0.25) is 0 Å². The number of urea groups is 1. The van der Waals surface area contributed by atoms with E-state index in [4.69, 9.17) is 0 Å². The van der Waals surface area contributed by atoms with Gasteiger partial charge in [0.2, 0.25) is 0 Å². The molecule has 1 aliphatic rings. The molecule has 0 aromatic carbocycles. The Morgan fingerprint density at radius 1 is 1.31 bits per heavy atom. The van der Waals surface area contributed by atoms with E-state index in [1.54, 1.807) is 4.90 Å². The lowest BCUT2D eigenvalue weighted by molar-refractivity contribution is 0.0700. The smallest absolute Gasteiger partial charge is 0.317 e. The number of nitrogens with one attached hydrogen (secondary N) is 1. The predicted molar refractivity (Wildman–Crippen MR) is 64.3 cm³/mol. The molecule has 0 aromatic heterocycles. The quantitative estimate of drug-likeness (QED) is 0.767. The Bertz CT molecular complexity index is 217. The molecule has 1 fully saturated rings. The second-order valence-electron chi connectivity index (χ2n) is 4.47. The van der Waals surface area contributed by atoms with E-state index in [2.05, 4.69) is 5.32 Å². The summed E-state index contributed by atoms with van der Waals surface area (Å²) in [7, 11) is 0. The van der Waals surface area contributed by atoms with Gasteiger partial charge in [-0.05, 0) is 26.7 Å². The van der Waals surface area contributed by atoms with Crippen LogP contribution in [0.5, 0.6) is 0 Å². The molecule has 0 spiro atoms. The summed E-state index contributed by atoms with van der Waals surface area (Å²) in [4.78, 5) is 13.4. The summed E-state index contributed by atoms with van der Waals surface area (Å²) in [6.45, 7) is 6.01. The molecular formula is C12H24N2O2. The van der Waals surface area contributed by atoms with Gasteiger partial charge in [-0.2, -0.15) is 0 Å². The average molecular weight is 228 g/mol. The molecule has 0 saturated heterocycles. The van der Waals surface area contributed by atoms with Crippen molar-refractivity contribution in [3.63, 3.8) is 0 Å². The molecule has 1 aliphatic carbocycles. The van der Waals surface area contributed by atoms with Gasteiger partial charge in [0.15, 0.2) is 0 Å². The van der Waals surface area contributed by atoms with Gasteiger partial charge < -0.3 is 15.3 Å². The number of amides is 2. The molecule has 1 saturated carbocycles. The van der Waals surface area contributed by atoms with Gasteiger partial charge in [0.1, 0.15) is 0 Å². The summed E-state index contributed by atoms with van der Waals surface area (Å²) in [6.07, 6.45) is 3.96. The molecule has 4 heteroatoms. The number of aliphatic hydroxyl groups excluding tert-OH is 1. The van der Waals surface area contributed by atoms with E-state index in [1.165, 1.54) is 6.42 Å². The molecule has 94 valence electrons. The summed E-state index contributed by atoms with van der Waals surface area (Å²) in [6, 6.07) is -0.0113. The molecule has 0 radical (unpaired) electrons. The van der Waals surface area contributed by atoms with Crippen molar-refractivity contribution in [3.8, 4) is 0 Å². The van der Waals surface area contributed by atoms with E-state index in [-0.39, 0.29) is 18.1 Å². The van der Waals surface area contributed by atoms with E-state index in [9.17, 15) is 9.90 Å². The molecule has 4 nitrogen and oxygen atoms in total. The minimum Gasteiger partial charge on any atom is -0.393 e. The van der Waals surface area contributed by atoms with E-state index in [0.29, 0.717) is 6.54 Å². The lowest BCUT2D eigenvalue weighted by Gasteiger charge is -2.28. The van der Waals surface area contributed by atoms with Gasteiger partial charge in [-0.25, -0.2) is 4.79 Å². The zero-order valence-electron chi connectivity index (χ0n) is 10.4. The van der Waals surface area contributed by atoms with E-state index in [0.717, 1.165) is 32.4 Å². The maximum absolute atomic E-state index is 11.7. The molecular weight excluding hydrogens is 204 g/mol. The van der Waals surface area contributed by atoms with Crippen molar-refractivity contribution in [3.05, 3.63) is 0 Å². The van der Waals surface area contributed by atoms with Crippen LogP contribution in [0.15, 0.2) is 0 Å². The molecule has 2 amide bonds. The Balaban J connectivity index is 2.29. The minimum atomic E-state index is -0.231. The summed E-state index contributed by atoms with van der Waals surface area (Å²) >= 11 is 0. The van der Waals surface area contributed by atoms with Gasteiger partial charge in [0.05, 0.1) is 6.10 Å². The Labute approximate surface area is 98.0 Å². The summed E-state index contributed by atoms with van der Waals surface area (Å²) in [5.74, 6) is 0.244. The van der Waals surface area contributed by atoms with E-state index < -0.39 is 0 Å². The van der Waals surface area contributed by atoms with Crippen LogP contribution >= 0.6 is 0 Å². The Kier molecular flexibility index (Phi) is 5.60. The minimum absolute atomic E-state index is 0.0113. The third-order valence-corrected chi connectivity index (χ3v) is 3.44. The average Bonchev–Trinajstić information content (AvgIpc) is 2.29. The Hall–Kier alpha value is -0.770. The van der Waals surface area contributed by atoms with Gasteiger partial charge in [-0.3, -0.25) is 0 Å². The van der Waals surface area contributed by atoms with Crippen LogP contribution < -0.4 is 5.32 Å². The van der Waals surface area contributed by atoms with Gasteiger partial charge in [0, 0.05) is 25.6 Å². The second-order valence-corrected chi connectivity index (χ2v) is 4.47. The molecule has 0 heterocycles. The molecule has 0 aliphatic heterocycles. The van der Waals surface area contributed by atoms with Crippen molar-refractivity contribution >= 4 is 6.03 Å². The highest BCUT2D eigenvalue weighted by atomic mass is 16.3.